The molecule has 0 aliphatic heterocycles. The van der Waals surface area contributed by atoms with Crippen LogP contribution in [0.15, 0.2) is 0 Å². The van der Waals surface area contributed by atoms with Crippen molar-refractivity contribution in [1.29, 1.82) is 0 Å². The summed E-state index contributed by atoms with van der Waals surface area (Å²) in [5, 5.41) is 0. The summed E-state index contributed by atoms with van der Waals surface area (Å²) in [5.74, 6) is 2.96. The summed E-state index contributed by atoms with van der Waals surface area (Å²) in [5.41, 5.74) is 0.532. The Kier molecular flexibility index (Phi) is 4.67. The van der Waals surface area contributed by atoms with Crippen LogP contribution in [0.25, 0.3) is 0 Å². The monoisotopic (exact) mass is 210 g/mol. The summed E-state index contributed by atoms with van der Waals surface area (Å²) >= 11 is 0. The molecule has 0 aromatic carbocycles. The van der Waals surface area contributed by atoms with Gasteiger partial charge in [-0.15, -0.1) is 0 Å². The molecule has 1 aliphatic rings. The van der Waals surface area contributed by atoms with Gasteiger partial charge in [0.1, 0.15) is 0 Å². The van der Waals surface area contributed by atoms with Gasteiger partial charge in [0.05, 0.1) is 0 Å². The normalized spacial score (nSPS) is 33.0. The van der Waals surface area contributed by atoms with Gasteiger partial charge in [-0.2, -0.15) is 0 Å². The Labute approximate surface area is 96.8 Å². The molecular weight excluding hydrogens is 180 g/mol. The van der Waals surface area contributed by atoms with Crippen LogP contribution in [-0.4, -0.2) is 0 Å². The van der Waals surface area contributed by atoms with Crippen molar-refractivity contribution < 1.29 is 0 Å². The minimum atomic E-state index is 0.532. The smallest absolute Gasteiger partial charge is 0.0354 e. The Morgan fingerprint density at radius 1 is 1.13 bits per heavy atom. The molecule has 0 amide bonds. The fourth-order valence-corrected chi connectivity index (χ4v) is 3.14. The first kappa shape index (κ1) is 13.1. The molecule has 1 rings (SSSR count). The highest BCUT2D eigenvalue weighted by Crippen LogP contribution is 2.43. The summed E-state index contributed by atoms with van der Waals surface area (Å²) in [4.78, 5) is 0. The second-order valence-electron chi connectivity index (χ2n) is 6.76. The lowest BCUT2D eigenvalue weighted by molar-refractivity contribution is 0.101. The van der Waals surface area contributed by atoms with Crippen molar-refractivity contribution in [2.24, 2.45) is 23.2 Å². The minimum absolute atomic E-state index is 0.532. The van der Waals surface area contributed by atoms with Crippen LogP contribution in [0.4, 0.5) is 0 Å². The van der Waals surface area contributed by atoms with Crippen molar-refractivity contribution >= 4 is 0 Å². The zero-order valence-electron chi connectivity index (χ0n) is 11.5. The van der Waals surface area contributed by atoms with Gasteiger partial charge in [-0.25, -0.2) is 0 Å². The summed E-state index contributed by atoms with van der Waals surface area (Å²) in [6.07, 6.45) is 8.72. The van der Waals surface area contributed by atoms with Gasteiger partial charge in [-0.05, 0) is 42.4 Å². The fraction of sp³-hybridized carbons (Fsp3) is 1.00. The molecule has 0 bridgehead atoms. The maximum atomic E-state index is 2.48. The van der Waals surface area contributed by atoms with E-state index in [9.17, 15) is 0 Å². The molecule has 1 saturated carbocycles. The Balaban J connectivity index is 2.41. The molecule has 90 valence electrons. The topological polar surface area (TPSA) is 0 Å². The predicted octanol–water partition coefficient (Wildman–Crippen LogP) is 5.28. The van der Waals surface area contributed by atoms with Crippen molar-refractivity contribution in [3.63, 3.8) is 0 Å². The van der Waals surface area contributed by atoms with E-state index < -0.39 is 0 Å². The average Bonchev–Trinajstić information content (AvgIpc) is 2.14. The lowest BCUT2D eigenvalue weighted by atomic mass is 9.65. The molecule has 0 aromatic heterocycles. The van der Waals surface area contributed by atoms with Gasteiger partial charge in [-0.1, -0.05) is 53.9 Å². The summed E-state index contributed by atoms with van der Waals surface area (Å²) in [6.45, 7) is 12.0. The van der Waals surface area contributed by atoms with Crippen LogP contribution >= 0.6 is 0 Å². The standard InChI is InChI=1S/C15H30/c1-6-7-8-13-9-10-14(11-12(13)2)15(3,4)5/h12-14H,6-11H2,1-5H3. The molecule has 0 radical (unpaired) electrons. The number of hydrogen-bond donors (Lipinski definition) is 0. The zero-order chi connectivity index (χ0) is 11.5. The van der Waals surface area contributed by atoms with Gasteiger partial charge >= 0.3 is 0 Å². The zero-order valence-corrected chi connectivity index (χ0v) is 11.5. The minimum Gasteiger partial charge on any atom is -0.0654 e. The number of rotatable bonds is 3. The van der Waals surface area contributed by atoms with E-state index in [0.717, 1.165) is 17.8 Å². The highest BCUT2D eigenvalue weighted by molar-refractivity contribution is 4.83. The fourth-order valence-electron chi connectivity index (χ4n) is 3.14. The third-order valence-corrected chi connectivity index (χ3v) is 4.50. The second-order valence-corrected chi connectivity index (χ2v) is 6.76. The van der Waals surface area contributed by atoms with Gasteiger partial charge in [0.2, 0.25) is 0 Å². The molecule has 1 aliphatic carbocycles. The predicted molar refractivity (Wildman–Crippen MR) is 69.0 cm³/mol. The SMILES string of the molecule is CCCCC1CCC(C(C)(C)C)CC1C. The molecule has 0 heterocycles. The van der Waals surface area contributed by atoms with Gasteiger partial charge in [-0.3, -0.25) is 0 Å². The molecule has 0 aromatic rings. The van der Waals surface area contributed by atoms with Gasteiger partial charge in [0.15, 0.2) is 0 Å². The molecule has 0 N–H and O–H groups in total. The quantitative estimate of drug-likeness (QED) is 0.595. The van der Waals surface area contributed by atoms with E-state index in [0.29, 0.717) is 5.41 Å². The van der Waals surface area contributed by atoms with E-state index in [1.54, 1.807) is 0 Å². The van der Waals surface area contributed by atoms with Crippen LogP contribution in [0.2, 0.25) is 0 Å². The highest BCUT2D eigenvalue weighted by atomic mass is 14.4. The third kappa shape index (κ3) is 3.81. The van der Waals surface area contributed by atoms with E-state index >= 15 is 0 Å². The molecule has 1 fully saturated rings. The molecule has 0 heteroatoms. The lowest BCUT2D eigenvalue weighted by Gasteiger charge is -2.40. The van der Waals surface area contributed by atoms with Crippen LogP contribution in [0.5, 0.6) is 0 Å². The highest BCUT2D eigenvalue weighted by Gasteiger charge is 2.33. The molecule has 15 heavy (non-hydrogen) atoms. The Bertz CT molecular complexity index is 175. The van der Waals surface area contributed by atoms with Gasteiger partial charge in [0.25, 0.3) is 0 Å². The number of unbranched alkanes of at least 4 members (excludes halogenated alkanes) is 1. The van der Waals surface area contributed by atoms with Gasteiger partial charge in [0, 0.05) is 0 Å². The van der Waals surface area contributed by atoms with E-state index in [2.05, 4.69) is 34.6 Å². The van der Waals surface area contributed by atoms with E-state index in [4.69, 9.17) is 0 Å². The van der Waals surface area contributed by atoms with Crippen molar-refractivity contribution in [3.8, 4) is 0 Å². The summed E-state index contributed by atoms with van der Waals surface area (Å²) < 4.78 is 0. The Hall–Kier alpha value is 0. The first-order chi connectivity index (χ1) is 6.95. The van der Waals surface area contributed by atoms with Gasteiger partial charge < -0.3 is 0 Å². The van der Waals surface area contributed by atoms with E-state index in [1.807, 2.05) is 0 Å². The number of hydrogen-bond acceptors (Lipinski definition) is 0. The summed E-state index contributed by atoms with van der Waals surface area (Å²) in [7, 11) is 0. The van der Waals surface area contributed by atoms with Crippen LogP contribution < -0.4 is 0 Å². The van der Waals surface area contributed by atoms with Crippen molar-refractivity contribution in [2.75, 3.05) is 0 Å². The first-order valence-electron chi connectivity index (χ1n) is 6.95. The van der Waals surface area contributed by atoms with Crippen LogP contribution in [0.1, 0.15) is 73.1 Å². The van der Waals surface area contributed by atoms with E-state index in [1.165, 1.54) is 38.5 Å². The first-order valence-corrected chi connectivity index (χ1v) is 6.95. The van der Waals surface area contributed by atoms with Crippen molar-refractivity contribution in [2.45, 2.75) is 73.1 Å². The maximum Gasteiger partial charge on any atom is -0.0354 e. The molecule has 0 spiro atoms. The molecule has 3 unspecified atom stereocenters. The molecule has 3 atom stereocenters. The maximum absolute atomic E-state index is 2.48. The van der Waals surface area contributed by atoms with Crippen molar-refractivity contribution in [3.05, 3.63) is 0 Å². The largest absolute Gasteiger partial charge is 0.0654 e. The Morgan fingerprint density at radius 3 is 2.27 bits per heavy atom. The summed E-state index contributed by atoms with van der Waals surface area (Å²) in [6, 6.07) is 0. The third-order valence-electron chi connectivity index (χ3n) is 4.50. The van der Waals surface area contributed by atoms with Crippen LogP contribution in [-0.2, 0) is 0 Å². The van der Waals surface area contributed by atoms with E-state index in [-0.39, 0.29) is 0 Å². The molecule has 0 nitrogen and oxygen atoms in total. The van der Waals surface area contributed by atoms with Crippen molar-refractivity contribution in [1.82, 2.24) is 0 Å². The average molecular weight is 210 g/mol. The van der Waals surface area contributed by atoms with Crippen LogP contribution in [0.3, 0.4) is 0 Å². The van der Waals surface area contributed by atoms with Crippen LogP contribution in [0, 0.1) is 23.2 Å². The Morgan fingerprint density at radius 2 is 1.80 bits per heavy atom. The molecule has 0 saturated heterocycles. The lowest BCUT2D eigenvalue weighted by Crippen LogP contribution is -2.30. The second kappa shape index (κ2) is 5.37. The molecular formula is C15H30.